The monoisotopic (exact) mass is 324 g/mol. The molecule has 0 spiro atoms. The van der Waals surface area contributed by atoms with Gasteiger partial charge in [0.05, 0.1) is 10.6 Å². The van der Waals surface area contributed by atoms with E-state index in [-0.39, 0.29) is 18.1 Å². The molecular weight excluding hydrogens is 311 g/mol. The van der Waals surface area contributed by atoms with Gasteiger partial charge in [0, 0.05) is 30.7 Å². The number of hydrogen-bond acceptors (Lipinski definition) is 5. The molecule has 0 fully saturated rings. The molecule has 2 rings (SSSR count). The average Bonchev–Trinajstić information content (AvgIpc) is 2.49. The molecule has 0 radical (unpaired) electrons. The molecule has 2 aromatic rings. The highest BCUT2D eigenvalue weighted by Crippen LogP contribution is 2.25. The second kappa shape index (κ2) is 6.65. The van der Waals surface area contributed by atoms with E-state index in [2.05, 4.69) is 9.97 Å². The third-order valence-electron chi connectivity index (χ3n) is 3.19. The van der Waals surface area contributed by atoms with E-state index in [0.717, 1.165) is 0 Å². The number of anilines is 1. The van der Waals surface area contributed by atoms with Gasteiger partial charge in [0.15, 0.2) is 11.6 Å². The summed E-state index contributed by atoms with van der Waals surface area (Å²) in [5.41, 5.74) is 0.779. The summed E-state index contributed by atoms with van der Waals surface area (Å²) >= 11 is 6.06. The fraction of sp³-hybridized carbons (Fsp3) is 0.286. The molecule has 0 aliphatic heterocycles. The molecule has 6 nitrogen and oxygen atoms in total. The highest BCUT2D eigenvalue weighted by atomic mass is 35.5. The van der Waals surface area contributed by atoms with Gasteiger partial charge in [-0.2, -0.15) is 0 Å². The first-order valence-corrected chi connectivity index (χ1v) is 6.95. The standard InChI is InChI=1S/C14H14ClFN4O2/c1-3-12-13(16)14(18-8-17-12)19(2)7-9-6-10(20(21)22)4-5-11(9)15/h4-6,8H,3,7H2,1-2H3. The summed E-state index contributed by atoms with van der Waals surface area (Å²) in [7, 11) is 1.64. The van der Waals surface area contributed by atoms with Gasteiger partial charge in [0.1, 0.15) is 6.33 Å². The molecule has 116 valence electrons. The number of benzene rings is 1. The van der Waals surface area contributed by atoms with Gasteiger partial charge >= 0.3 is 0 Å². The number of non-ortho nitro benzene ring substituents is 1. The van der Waals surface area contributed by atoms with Crippen molar-refractivity contribution in [2.24, 2.45) is 0 Å². The van der Waals surface area contributed by atoms with Gasteiger partial charge in [-0.15, -0.1) is 0 Å². The van der Waals surface area contributed by atoms with E-state index in [0.29, 0.717) is 22.7 Å². The number of aromatic nitrogens is 2. The Morgan fingerprint density at radius 3 is 2.77 bits per heavy atom. The third kappa shape index (κ3) is 3.30. The lowest BCUT2D eigenvalue weighted by Gasteiger charge is -2.19. The van der Waals surface area contributed by atoms with Gasteiger partial charge in [-0.3, -0.25) is 10.1 Å². The van der Waals surface area contributed by atoms with Crippen LogP contribution in [0.25, 0.3) is 0 Å². The van der Waals surface area contributed by atoms with Crippen LogP contribution in [0.1, 0.15) is 18.2 Å². The summed E-state index contributed by atoms with van der Waals surface area (Å²) in [6, 6.07) is 4.15. The summed E-state index contributed by atoms with van der Waals surface area (Å²) in [5.74, 6) is -0.358. The lowest BCUT2D eigenvalue weighted by molar-refractivity contribution is -0.384. The van der Waals surface area contributed by atoms with Crippen LogP contribution in [0.15, 0.2) is 24.5 Å². The Labute approximate surface area is 131 Å². The van der Waals surface area contributed by atoms with E-state index in [9.17, 15) is 14.5 Å². The summed E-state index contributed by atoms with van der Waals surface area (Å²) in [6.45, 7) is 1.99. The number of halogens is 2. The lowest BCUT2D eigenvalue weighted by Crippen LogP contribution is -2.20. The number of aryl methyl sites for hydroxylation is 1. The first kappa shape index (κ1) is 16.1. The second-order valence-corrected chi connectivity index (χ2v) is 5.11. The van der Waals surface area contributed by atoms with Crippen molar-refractivity contribution in [3.05, 3.63) is 56.7 Å². The molecule has 0 bridgehead atoms. The molecule has 0 aliphatic carbocycles. The molecule has 0 unspecified atom stereocenters. The summed E-state index contributed by atoms with van der Waals surface area (Å²) < 4.78 is 14.2. The molecule has 0 amide bonds. The van der Waals surface area contributed by atoms with Crippen LogP contribution >= 0.6 is 11.6 Å². The van der Waals surface area contributed by atoms with Gasteiger partial charge in [0.2, 0.25) is 0 Å². The average molecular weight is 325 g/mol. The maximum Gasteiger partial charge on any atom is 0.269 e. The molecule has 0 atom stereocenters. The van der Waals surface area contributed by atoms with E-state index < -0.39 is 10.7 Å². The van der Waals surface area contributed by atoms with E-state index in [1.165, 1.54) is 24.5 Å². The normalized spacial score (nSPS) is 10.5. The van der Waals surface area contributed by atoms with E-state index >= 15 is 0 Å². The molecule has 0 aliphatic rings. The minimum Gasteiger partial charge on any atom is -0.353 e. The first-order valence-electron chi connectivity index (χ1n) is 6.57. The van der Waals surface area contributed by atoms with Crippen molar-refractivity contribution in [2.75, 3.05) is 11.9 Å². The topological polar surface area (TPSA) is 72.2 Å². The maximum absolute atomic E-state index is 14.2. The van der Waals surface area contributed by atoms with Gasteiger partial charge in [-0.25, -0.2) is 14.4 Å². The SMILES string of the molecule is CCc1ncnc(N(C)Cc2cc([N+](=O)[O-])ccc2Cl)c1F. The molecular formula is C14H14ClFN4O2. The van der Waals surface area contributed by atoms with Crippen LogP contribution in [0.5, 0.6) is 0 Å². The van der Waals surface area contributed by atoms with Crippen molar-refractivity contribution >= 4 is 23.1 Å². The van der Waals surface area contributed by atoms with Crippen LogP contribution in [0.2, 0.25) is 5.02 Å². The van der Waals surface area contributed by atoms with Crippen molar-refractivity contribution < 1.29 is 9.31 Å². The highest BCUT2D eigenvalue weighted by Gasteiger charge is 2.16. The first-order chi connectivity index (χ1) is 10.4. The maximum atomic E-state index is 14.2. The van der Waals surface area contributed by atoms with Crippen molar-refractivity contribution in [1.29, 1.82) is 0 Å². The Morgan fingerprint density at radius 1 is 1.41 bits per heavy atom. The van der Waals surface area contributed by atoms with Gasteiger partial charge in [-0.1, -0.05) is 18.5 Å². The molecule has 22 heavy (non-hydrogen) atoms. The van der Waals surface area contributed by atoms with E-state index in [4.69, 9.17) is 11.6 Å². The Kier molecular flexibility index (Phi) is 4.87. The number of nitro benzene ring substituents is 1. The van der Waals surface area contributed by atoms with Crippen molar-refractivity contribution in [3.63, 3.8) is 0 Å². The van der Waals surface area contributed by atoms with Gasteiger partial charge in [0.25, 0.3) is 5.69 Å². The molecule has 0 N–H and O–H groups in total. The van der Waals surface area contributed by atoms with Gasteiger partial charge in [-0.05, 0) is 18.1 Å². The van der Waals surface area contributed by atoms with Crippen LogP contribution in [-0.4, -0.2) is 21.9 Å². The number of nitro groups is 1. The largest absolute Gasteiger partial charge is 0.353 e. The zero-order valence-corrected chi connectivity index (χ0v) is 12.8. The van der Waals surface area contributed by atoms with E-state index in [1.807, 2.05) is 0 Å². The summed E-state index contributed by atoms with van der Waals surface area (Å²) in [5, 5.41) is 11.2. The predicted octanol–water partition coefficient (Wildman–Crippen LogP) is 3.38. The van der Waals surface area contributed by atoms with Crippen LogP contribution < -0.4 is 4.90 Å². The number of rotatable bonds is 5. The minimum atomic E-state index is -0.500. The van der Waals surface area contributed by atoms with Crippen LogP contribution in [0.4, 0.5) is 15.9 Å². The Bertz CT molecular complexity index is 711. The lowest BCUT2D eigenvalue weighted by atomic mass is 10.2. The summed E-state index contributed by atoms with van der Waals surface area (Å²) in [4.78, 5) is 19.7. The smallest absolute Gasteiger partial charge is 0.269 e. The second-order valence-electron chi connectivity index (χ2n) is 4.70. The summed E-state index contributed by atoms with van der Waals surface area (Å²) in [6.07, 6.45) is 1.75. The number of nitrogens with zero attached hydrogens (tertiary/aromatic N) is 4. The molecule has 0 saturated heterocycles. The predicted molar refractivity (Wildman–Crippen MR) is 81.6 cm³/mol. The van der Waals surface area contributed by atoms with Crippen LogP contribution in [-0.2, 0) is 13.0 Å². The Morgan fingerprint density at radius 2 is 2.14 bits per heavy atom. The molecule has 0 saturated carbocycles. The molecule has 1 aromatic carbocycles. The molecule has 1 heterocycles. The fourth-order valence-electron chi connectivity index (χ4n) is 2.03. The third-order valence-corrected chi connectivity index (χ3v) is 3.56. The van der Waals surface area contributed by atoms with Crippen molar-refractivity contribution in [2.45, 2.75) is 19.9 Å². The molecule has 1 aromatic heterocycles. The van der Waals surface area contributed by atoms with Crippen LogP contribution in [0.3, 0.4) is 0 Å². The van der Waals surface area contributed by atoms with E-state index in [1.54, 1.807) is 18.9 Å². The Hall–Kier alpha value is -2.28. The van der Waals surface area contributed by atoms with Gasteiger partial charge < -0.3 is 4.90 Å². The van der Waals surface area contributed by atoms with Crippen molar-refractivity contribution in [3.8, 4) is 0 Å². The minimum absolute atomic E-state index is 0.0646. The van der Waals surface area contributed by atoms with Crippen molar-refractivity contribution in [1.82, 2.24) is 9.97 Å². The Balaban J connectivity index is 2.31. The zero-order chi connectivity index (χ0) is 16.3. The zero-order valence-electron chi connectivity index (χ0n) is 12.1. The quantitative estimate of drug-likeness (QED) is 0.622. The fourth-order valence-corrected chi connectivity index (χ4v) is 2.21. The molecule has 8 heteroatoms. The highest BCUT2D eigenvalue weighted by molar-refractivity contribution is 6.31. The van der Waals surface area contributed by atoms with Crippen LogP contribution in [0, 0.1) is 15.9 Å². The number of hydrogen-bond donors (Lipinski definition) is 0.